The third kappa shape index (κ3) is 6.54. The van der Waals surface area contributed by atoms with Crippen LogP contribution < -0.4 is 5.32 Å². The Balaban J connectivity index is 1.87. The van der Waals surface area contributed by atoms with Crippen LogP contribution in [-0.4, -0.2) is 36.1 Å². The number of rotatable bonds is 9. The molecular formula is C30H39NO5. The summed E-state index contributed by atoms with van der Waals surface area (Å²) in [5.74, 6) is -1.13. The molecule has 0 radical (unpaired) electrons. The van der Waals surface area contributed by atoms with E-state index in [1.54, 1.807) is 31.2 Å². The number of hydrogen-bond acceptors (Lipinski definition) is 5. The Hall–Kier alpha value is -3.15. The first-order chi connectivity index (χ1) is 17.1. The highest BCUT2D eigenvalue weighted by Crippen LogP contribution is 2.44. The first-order valence-electron chi connectivity index (χ1n) is 12.9. The molecule has 0 bridgehead atoms. The van der Waals surface area contributed by atoms with Crippen LogP contribution in [0.15, 0.2) is 60.7 Å². The third-order valence-corrected chi connectivity index (χ3v) is 7.44. The molecular weight excluding hydrogens is 454 g/mol. The van der Waals surface area contributed by atoms with E-state index in [0.717, 1.165) is 19.3 Å². The maximum absolute atomic E-state index is 13.7. The molecule has 4 atom stereocenters. The lowest BCUT2D eigenvalue weighted by atomic mass is 9.64. The summed E-state index contributed by atoms with van der Waals surface area (Å²) in [7, 11) is 0. The van der Waals surface area contributed by atoms with Crippen LogP contribution in [0.25, 0.3) is 0 Å². The molecule has 1 amide bonds. The Morgan fingerprint density at radius 2 is 1.56 bits per heavy atom. The average molecular weight is 494 g/mol. The number of carbonyl (C=O) groups excluding carboxylic acids is 3. The highest BCUT2D eigenvalue weighted by molar-refractivity contribution is 5.99. The fraction of sp³-hybridized carbons (Fsp3) is 0.500. The molecule has 1 aliphatic rings. The van der Waals surface area contributed by atoms with Crippen LogP contribution in [0.3, 0.4) is 0 Å². The van der Waals surface area contributed by atoms with Gasteiger partial charge in [0.25, 0.3) is 5.91 Å². The van der Waals surface area contributed by atoms with E-state index < -0.39 is 23.4 Å². The van der Waals surface area contributed by atoms with E-state index >= 15 is 0 Å². The number of carbonyl (C=O) groups is 3. The predicted octanol–water partition coefficient (Wildman–Crippen LogP) is 5.45. The first-order valence-corrected chi connectivity index (χ1v) is 12.9. The van der Waals surface area contributed by atoms with E-state index in [0.29, 0.717) is 11.5 Å². The van der Waals surface area contributed by atoms with E-state index in [-0.39, 0.29) is 30.5 Å². The minimum atomic E-state index is -1.57. The molecule has 6 heteroatoms. The van der Waals surface area contributed by atoms with Crippen molar-refractivity contribution in [3.05, 3.63) is 71.8 Å². The van der Waals surface area contributed by atoms with Crippen molar-refractivity contribution in [3.63, 3.8) is 0 Å². The standard InChI is InChI=1S/C30H39NO5/c1-6-35-26(32)20-30(5,31-27(33)22-13-9-7-10-14-22)28(34)36-25-19-21(2)17-18-24(25)29(3,4)23-15-11-8-12-16-23/h7-16,21,24-25H,6,17-20H2,1-5H3,(H,31,33)/t21-,24-,25-,30+/m1/s1. The Morgan fingerprint density at radius 1 is 0.944 bits per heavy atom. The van der Waals surface area contributed by atoms with Crippen LogP contribution >= 0.6 is 0 Å². The lowest BCUT2D eigenvalue weighted by molar-refractivity contribution is -0.167. The van der Waals surface area contributed by atoms with Gasteiger partial charge in [-0.25, -0.2) is 4.79 Å². The number of amides is 1. The SMILES string of the molecule is CCOC(=O)C[C@](C)(NC(=O)c1ccccc1)C(=O)O[C@@H]1C[C@H](C)CC[C@H]1C(C)(C)c1ccccc1. The molecule has 0 aliphatic heterocycles. The van der Waals surface area contributed by atoms with Gasteiger partial charge < -0.3 is 14.8 Å². The summed E-state index contributed by atoms with van der Waals surface area (Å²) in [6.45, 7) is 9.98. The van der Waals surface area contributed by atoms with Crippen molar-refractivity contribution in [3.8, 4) is 0 Å². The summed E-state index contributed by atoms with van der Waals surface area (Å²) in [6, 6.07) is 18.9. The van der Waals surface area contributed by atoms with E-state index in [4.69, 9.17) is 9.47 Å². The lowest BCUT2D eigenvalue weighted by Crippen LogP contribution is -2.56. The molecule has 0 spiro atoms. The fourth-order valence-electron chi connectivity index (χ4n) is 5.21. The number of hydrogen-bond donors (Lipinski definition) is 1. The van der Waals surface area contributed by atoms with E-state index in [9.17, 15) is 14.4 Å². The van der Waals surface area contributed by atoms with Crippen LogP contribution in [0.2, 0.25) is 0 Å². The van der Waals surface area contributed by atoms with Gasteiger partial charge in [0, 0.05) is 11.5 Å². The van der Waals surface area contributed by atoms with Crippen LogP contribution in [-0.2, 0) is 24.5 Å². The van der Waals surface area contributed by atoms with Gasteiger partial charge in [0.15, 0.2) is 0 Å². The molecule has 1 aliphatic carbocycles. The molecule has 2 aromatic rings. The van der Waals surface area contributed by atoms with Crippen molar-refractivity contribution >= 4 is 17.8 Å². The van der Waals surface area contributed by atoms with E-state index in [1.807, 2.05) is 24.3 Å². The summed E-state index contributed by atoms with van der Waals surface area (Å²) in [4.78, 5) is 39.1. The molecule has 1 fully saturated rings. The quantitative estimate of drug-likeness (QED) is 0.470. The summed E-state index contributed by atoms with van der Waals surface area (Å²) >= 11 is 0. The number of esters is 2. The van der Waals surface area contributed by atoms with Crippen molar-refractivity contribution in [2.75, 3.05) is 6.61 Å². The zero-order valence-corrected chi connectivity index (χ0v) is 22.1. The van der Waals surface area contributed by atoms with Crippen LogP contribution in [0, 0.1) is 11.8 Å². The zero-order chi connectivity index (χ0) is 26.3. The fourth-order valence-corrected chi connectivity index (χ4v) is 5.21. The molecule has 0 aromatic heterocycles. The Bertz CT molecular complexity index is 1040. The van der Waals surface area contributed by atoms with Gasteiger partial charge in [0.1, 0.15) is 11.6 Å². The Labute approximate surface area is 214 Å². The van der Waals surface area contributed by atoms with Gasteiger partial charge in [-0.05, 0) is 55.7 Å². The van der Waals surface area contributed by atoms with Crippen molar-refractivity contribution in [2.45, 2.75) is 77.4 Å². The highest BCUT2D eigenvalue weighted by Gasteiger charge is 2.46. The molecule has 2 aromatic carbocycles. The van der Waals surface area contributed by atoms with Gasteiger partial charge in [-0.2, -0.15) is 0 Å². The van der Waals surface area contributed by atoms with E-state index in [2.05, 4.69) is 38.2 Å². The predicted molar refractivity (Wildman–Crippen MR) is 139 cm³/mol. The molecule has 36 heavy (non-hydrogen) atoms. The van der Waals surface area contributed by atoms with Crippen molar-refractivity contribution in [1.82, 2.24) is 5.32 Å². The molecule has 0 heterocycles. The van der Waals surface area contributed by atoms with Crippen LogP contribution in [0.1, 0.15) is 76.2 Å². The second-order valence-electron chi connectivity index (χ2n) is 10.7. The Kier molecular flexibility index (Phi) is 8.93. The second-order valence-corrected chi connectivity index (χ2v) is 10.7. The molecule has 0 unspecified atom stereocenters. The minimum absolute atomic E-state index is 0.0942. The van der Waals surface area contributed by atoms with Crippen molar-refractivity contribution in [2.24, 2.45) is 11.8 Å². The van der Waals surface area contributed by atoms with E-state index in [1.165, 1.54) is 12.5 Å². The van der Waals surface area contributed by atoms with Gasteiger partial charge in [-0.15, -0.1) is 0 Å². The summed E-state index contributed by atoms with van der Waals surface area (Å²) in [5.41, 5.74) is -0.203. The molecule has 6 nitrogen and oxygen atoms in total. The number of benzene rings is 2. The molecule has 3 rings (SSSR count). The summed E-state index contributed by atoms with van der Waals surface area (Å²) in [6.07, 6.45) is 2.06. The lowest BCUT2D eigenvalue weighted by Gasteiger charge is -2.44. The third-order valence-electron chi connectivity index (χ3n) is 7.44. The monoisotopic (exact) mass is 493 g/mol. The van der Waals surface area contributed by atoms with Gasteiger partial charge in [-0.3, -0.25) is 9.59 Å². The summed E-state index contributed by atoms with van der Waals surface area (Å²) < 4.78 is 11.3. The topological polar surface area (TPSA) is 81.7 Å². The normalized spacial score (nSPS) is 21.6. The maximum Gasteiger partial charge on any atom is 0.332 e. The summed E-state index contributed by atoms with van der Waals surface area (Å²) in [5, 5.41) is 2.77. The molecule has 1 N–H and O–H groups in total. The molecule has 1 saturated carbocycles. The largest absolute Gasteiger partial charge is 0.466 e. The van der Waals surface area contributed by atoms with Gasteiger partial charge in [0.05, 0.1) is 13.0 Å². The number of ether oxygens (including phenoxy) is 2. The smallest absolute Gasteiger partial charge is 0.332 e. The molecule has 194 valence electrons. The molecule has 0 saturated heterocycles. The second kappa shape index (κ2) is 11.7. The zero-order valence-electron chi connectivity index (χ0n) is 22.1. The number of nitrogens with one attached hydrogen (secondary N) is 1. The van der Waals surface area contributed by atoms with Gasteiger partial charge in [0.2, 0.25) is 0 Å². The first kappa shape index (κ1) is 27.4. The van der Waals surface area contributed by atoms with Crippen LogP contribution in [0.5, 0.6) is 0 Å². The van der Waals surface area contributed by atoms with Crippen molar-refractivity contribution in [1.29, 1.82) is 0 Å². The maximum atomic E-state index is 13.7. The van der Waals surface area contributed by atoms with Crippen LogP contribution in [0.4, 0.5) is 0 Å². The van der Waals surface area contributed by atoms with Gasteiger partial charge >= 0.3 is 11.9 Å². The van der Waals surface area contributed by atoms with Gasteiger partial charge in [-0.1, -0.05) is 75.7 Å². The Morgan fingerprint density at radius 3 is 2.17 bits per heavy atom. The average Bonchev–Trinajstić information content (AvgIpc) is 2.85. The highest BCUT2D eigenvalue weighted by atomic mass is 16.6. The minimum Gasteiger partial charge on any atom is -0.466 e. The van der Waals surface area contributed by atoms with Crippen molar-refractivity contribution < 1.29 is 23.9 Å².